The number of fused-ring (bicyclic) bond motifs is 1. The molecule has 4 heterocycles. The number of hydrogen-bond acceptors (Lipinski definition) is 6. The summed E-state index contributed by atoms with van der Waals surface area (Å²) in [4.78, 5) is 33.1. The van der Waals surface area contributed by atoms with Gasteiger partial charge in [-0.15, -0.1) is 0 Å². The molecule has 3 aromatic heterocycles. The van der Waals surface area contributed by atoms with Crippen molar-refractivity contribution < 1.29 is 9.53 Å². The number of amides is 1. The van der Waals surface area contributed by atoms with Crippen molar-refractivity contribution in [2.24, 2.45) is 11.8 Å². The van der Waals surface area contributed by atoms with Crippen LogP contribution in [0.15, 0.2) is 48.9 Å². The normalized spacial score (nSPS) is 22.0. The monoisotopic (exact) mass is 435 g/mol. The van der Waals surface area contributed by atoms with Gasteiger partial charge in [-0.1, -0.05) is 11.6 Å². The molecule has 2 aliphatic rings. The zero-order valence-electron chi connectivity index (χ0n) is 17.1. The molecule has 1 aliphatic heterocycles. The van der Waals surface area contributed by atoms with Crippen molar-refractivity contribution in [3.8, 4) is 17.3 Å². The van der Waals surface area contributed by atoms with E-state index < -0.39 is 0 Å². The highest BCUT2D eigenvalue weighted by Gasteiger charge is 2.47. The number of piperidine rings is 1. The van der Waals surface area contributed by atoms with E-state index in [1.165, 1.54) is 0 Å². The summed E-state index contributed by atoms with van der Waals surface area (Å²) in [5.74, 6) is 2.07. The fourth-order valence-corrected chi connectivity index (χ4v) is 4.38. The first-order valence-electron chi connectivity index (χ1n) is 10.4. The number of carbonyl (C=O) groups excluding carboxylic acids is 1. The minimum absolute atomic E-state index is 0.0520. The van der Waals surface area contributed by atoms with Crippen molar-refractivity contribution in [2.45, 2.75) is 25.8 Å². The van der Waals surface area contributed by atoms with E-state index in [4.69, 9.17) is 16.3 Å². The second kappa shape index (κ2) is 8.23. The van der Waals surface area contributed by atoms with Gasteiger partial charge < -0.3 is 9.64 Å². The highest BCUT2D eigenvalue weighted by atomic mass is 35.5. The molecule has 31 heavy (non-hydrogen) atoms. The summed E-state index contributed by atoms with van der Waals surface area (Å²) in [5.41, 5.74) is 1.81. The molecule has 0 spiro atoms. The van der Waals surface area contributed by atoms with Gasteiger partial charge in [0.2, 0.25) is 5.88 Å². The summed E-state index contributed by atoms with van der Waals surface area (Å²) in [6.45, 7) is 2.96. The molecule has 0 N–H and O–H groups in total. The fraction of sp³-hybridized carbons (Fsp3) is 0.348. The molecule has 1 aliphatic carbocycles. The Hall–Kier alpha value is -3.06. The number of aromatic nitrogens is 4. The van der Waals surface area contributed by atoms with Crippen LogP contribution in [0.3, 0.4) is 0 Å². The lowest BCUT2D eigenvalue weighted by Gasteiger charge is -2.35. The minimum Gasteiger partial charge on any atom is -0.475 e. The van der Waals surface area contributed by atoms with Crippen molar-refractivity contribution in [1.82, 2.24) is 24.8 Å². The van der Waals surface area contributed by atoms with Crippen LogP contribution in [0.25, 0.3) is 11.4 Å². The smallest absolute Gasteiger partial charge is 0.273 e. The van der Waals surface area contributed by atoms with Gasteiger partial charge in [0.25, 0.3) is 5.91 Å². The maximum absolute atomic E-state index is 13.7. The Kier molecular flexibility index (Phi) is 5.28. The Morgan fingerprint density at radius 3 is 2.77 bits per heavy atom. The minimum atomic E-state index is -0.107. The fourth-order valence-electron chi connectivity index (χ4n) is 4.23. The van der Waals surface area contributed by atoms with Crippen molar-refractivity contribution >= 4 is 17.5 Å². The van der Waals surface area contributed by atoms with Gasteiger partial charge >= 0.3 is 0 Å². The summed E-state index contributed by atoms with van der Waals surface area (Å²) in [6.07, 6.45) is 7.02. The number of nitrogens with zero attached hydrogens (tertiary/aromatic N) is 5. The van der Waals surface area contributed by atoms with E-state index in [1.54, 1.807) is 36.8 Å². The number of pyridine rings is 2. The topological polar surface area (TPSA) is 81.1 Å². The molecule has 5 rings (SSSR count). The van der Waals surface area contributed by atoms with Crippen molar-refractivity contribution in [3.05, 3.63) is 65.3 Å². The zero-order chi connectivity index (χ0) is 21.4. The average molecular weight is 436 g/mol. The third kappa shape index (κ3) is 4.23. The number of carbonyl (C=O) groups is 1. The first-order valence-corrected chi connectivity index (χ1v) is 10.8. The lowest BCUT2D eigenvalue weighted by molar-refractivity contribution is 0.0503. The first kappa shape index (κ1) is 19.9. The Labute approximate surface area is 185 Å². The van der Waals surface area contributed by atoms with Crippen LogP contribution >= 0.6 is 11.6 Å². The second-order valence-electron chi connectivity index (χ2n) is 8.15. The van der Waals surface area contributed by atoms with E-state index in [0.717, 1.165) is 18.5 Å². The molecular formula is C23H22ClN5O2. The molecular weight excluding hydrogens is 414 g/mol. The number of hydrogen-bond donors (Lipinski definition) is 0. The molecule has 0 radical (unpaired) electrons. The summed E-state index contributed by atoms with van der Waals surface area (Å²) in [7, 11) is 0. The molecule has 2 fully saturated rings. The maximum atomic E-state index is 13.7. The molecule has 7 nitrogen and oxygen atoms in total. The number of aryl methyl sites for hydroxylation is 1. The molecule has 3 aromatic rings. The molecule has 0 bridgehead atoms. The van der Waals surface area contributed by atoms with Gasteiger partial charge in [0.15, 0.2) is 5.82 Å². The largest absolute Gasteiger partial charge is 0.475 e. The highest BCUT2D eigenvalue weighted by molar-refractivity contribution is 6.30. The Balaban J connectivity index is 1.42. The summed E-state index contributed by atoms with van der Waals surface area (Å²) >= 11 is 6.04. The van der Waals surface area contributed by atoms with E-state index in [1.807, 2.05) is 24.0 Å². The van der Waals surface area contributed by atoms with Crippen LogP contribution in [0.5, 0.6) is 5.88 Å². The summed E-state index contributed by atoms with van der Waals surface area (Å²) in [6, 6.07) is 8.84. The standard InChI is InChI=1S/C23H22ClN5O2/c1-14-3-4-19(22-26-6-2-7-27-22)21(28-14)23(30)29-12-16-9-15(16)10-18(29)13-31-20-11-17(24)5-8-25-20/h2-8,11,15-16,18H,9-10,12-13H2,1H3/t15-,16+,18+/m1/s1. The number of likely N-dealkylation sites (tertiary alicyclic amines) is 1. The van der Waals surface area contributed by atoms with Gasteiger partial charge in [-0.05, 0) is 55.9 Å². The maximum Gasteiger partial charge on any atom is 0.273 e. The van der Waals surface area contributed by atoms with E-state index in [9.17, 15) is 4.79 Å². The van der Waals surface area contributed by atoms with Gasteiger partial charge in [-0.2, -0.15) is 0 Å². The third-order valence-electron chi connectivity index (χ3n) is 5.94. The Bertz CT molecular complexity index is 1110. The van der Waals surface area contributed by atoms with Crippen molar-refractivity contribution in [2.75, 3.05) is 13.2 Å². The van der Waals surface area contributed by atoms with Crippen LogP contribution in [-0.2, 0) is 0 Å². The average Bonchev–Trinajstić information content (AvgIpc) is 3.55. The Morgan fingerprint density at radius 1 is 1.13 bits per heavy atom. The number of halogens is 1. The van der Waals surface area contributed by atoms with Gasteiger partial charge in [-0.3, -0.25) is 4.79 Å². The van der Waals surface area contributed by atoms with E-state index >= 15 is 0 Å². The second-order valence-corrected chi connectivity index (χ2v) is 8.58. The zero-order valence-corrected chi connectivity index (χ0v) is 17.9. The SMILES string of the molecule is Cc1ccc(-c2ncccn2)c(C(=O)N2C[C@@H]3C[C@@H]3C[C@H]2COc2cc(Cl)ccn2)n1. The molecule has 158 valence electrons. The van der Waals surface area contributed by atoms with E-state index in [-0.39, 0.29) is 11.9 Å². The molecule has 0 aromatic carbocycles. The molecule has 1 saturated heterocycles. The van der Waals surface area contributed by atoms with Crippen LogP contribution in [0, 0.1) is 18.8 Å². The Morgan fingerprint density at radius 2 is 1.97 bits per heavy atom. The lowest BCUT2D eigenvalue weighted by atomic mass is 10.0. The van der Waals surface area contributed by atoms with Crippen molar-refractivity contribution in [1.29, 1.82) is 0 Å². The quantitative estimate of drug-likeness (QED) is 0.606. The molecule has 1 saturated carbocycles. The number of rotatable bonds is 5. The van der Waals surface area contributed by atoms with Gasteiger partial charge in [0.1, 0.15) is 12.3 Å². The van der Waals surface area contributed by atoms with Gasteiger partial charge in [0.05, 0.1) is 11.6 Å². The van der Waals surface area contributed by atoms with Crippen LogP contribution in [0.4, 0.5) is 0 Å². The number of ether oxygens (including phenoxy) is 1. The van der Waals surface area contributed by atoms with E-state index in [2.05, 4.69) is 19.9 Å². The van der Waals surface area contributed by atoms with Gasteiger partial charge in [-0.25, -0.2) is 19.9 Å². The lowest BCUT2D eigenvalue weighted by Crippen LogP contribution is -2.48. The predicted molar refractivity (Wildman–Crippen MR) is 116 cm³/mol. The van der Waals surface area contributed by atoms with Crippen LogP contribution in [-0.4, -0.2) is 49.9 Å². The molecule has 0 unspecified atom stereocenters. The summed E-state index contributed by atoms with van der Waals surface area (Å²) in [5, 5.41) is 0.570. The summed E-state index contributed by atoms with van der Waals surface area (Å²) < 4.78 is 5.91. The first-order chi connectivity index (χ1) is 15.1. The van der Waals surface area contributed by atoms with Crippen LogP contribution in [0.2, 0.25) is 5.02 Å². The highest BCUT2D eigenvalue weighted by Crippen LogP contribution is 2.47. The van der Waals surface area contributed by atoms with E-state index in [0.29, 0.717) is 53.0 Å². The third-order valence-corrected chi connectivity index (χ3v) is 6.18. The van der Waals surface area contributed by atoms with Crippen molar-refractivity contribution in [3.63, 3.8) is 0 Å². The van der Waals surface area contributed by atoms with Crippen LogP contribution in [0.1, 0.15) is 29.0 Å². The van der Waals surface area contributed by atoms with Crippen LogP contribution < -0.4 is 4.74 Å². The molecule has 3 atom stereocenters. The predicted octanol–water partition coefficient (Wildman–Crippen LogP) is 3.83. The molecule has 1 amide bonds. The molecule has 8 heteroatoms. The van der Waals surface area contributed by atoms with Gasteiger partial charge in [0, 0.05) is 41.9 Å².